The number of alkyl halides is 2. The van der Waals surface area contributed by atoms with Crippen molar-refractivity contribution in [2.45, 2.75) is 58.7 Å². The van der Waals surface area contributed by atoms with Crippen LogP contribution in [0.4, 0.5) is 8.78 Å². The lowest BCUT2D eigenvalue weighted by Crippen LogP contribution is -2.41. The van der Waals surface area contributed by atoms with Gasteiger partial charge in [0, 0.05) is 31.1 Å². The molecular weight excluding hydrogens is 464 g/mol. The number of nitrogens with zero attached hydrogens (tertiary/aromatic N) is 3. The molecule has 3 heterocycles. The summed E-state index contributed by atoms with van der Waals surface area (Å²) in [6.07, 6.45) is 2.41. The van der Waals surface area contributed by atoms with Gasteiger partial charge >= 0.3 is 5.97 Å². The lowest BCUT2D eigenvalue weighted by atomic mass is 10.0. The van der Waals surface area contributed by atoms with E-state index in [2.05, 4.69) is 31.2 Å². The van der Waals surface area contributed by atoms with Crippen molar-refractivity contribution in [1.29, 1.82) is 0 Å². The van der Waals surface area contributed by atoms with Gasteiger partial charge in [0.1, 0.15) is 18.0 Å². The zero-order chi connectivity index (χ0) is 25.9. The van der Waals surface area contributed by atoms with Crippen LogP contribution in [0.5, 0.6) is 5.75 Å². The third kappa shape index (κ3) is 6.49. The number of aliphatic carboxylic acids is 1. The topological polar surface area (TPSA) is 67.6 Å². The lowest BCUT2D eigenvalue weighted by Gasteiger charge is -2.32. The summed E-state index contributed by atoms with van der Waals surface area (Å²) in [6, 6.07) is 11.1. The van der Waals surface area contributed by atoms with Gasteiger partial charge in [-0.25, -0.2) is 13.8 Å². The molecule has 6 nitrogen and oxygen atoms in total. The smallest absolute Gasteiger partial charge is 0.307 e. The van der Waals surface area contributed by atoms with Crippen LogP contribution in [0.15, 0.2) is 49.2 Å². The number of carboxylic acid groups (broad SMARTS) is 1. The first-order valence-electron chi connectivity index (χ1n) is 12.3. The Bertz CT molecular complexity index is 1230. The van der Waals surface area contributed by atoms with Crippen LogP contribution >= 0.6 is 0 Å². The Morgan fingerprint density at radius 3 is 2.64 bits per heavy atom. The molecule has 1 fully saturated rings. The largest absolute Gasteiger partial charge is 0.487 e. The van der Waals surface area contributed by atoms with Gasteiger partial charge in [-0.2, -0.15) is 0 Å². The minimum atomic E-state index is -2.63. The Balaban J connectivity index is 1.49. The number of carbonyl (C=O) groups is 1. The Kier molecular flexibility index (Phi) is 7.73. The highest BCUT2D eigenvalue weighted by Gasteiger charge is 2.35. The number of rotatable bonds is 10. The Morgan fingerprint density at radius 2 is 1.97 bits per heavy atom. The summed E-state index contributed by atoms with van der Waals surface area (Å²) in [6.45, 7) is 10.1. The van der Waals surface area contributed by atoms with E-state index in [1.165, 1.54) is 0 Å². The number of piperidine rings is 1. The number of pyridine rings is 1. The summed E-state index contributed by atoms with van der Waals surface area (Å²) < 4.78 is 35.9. The number of aromatic nitrogens is 2. The third-order valence-corrected chi connectivity index (χ3v) is 6.30. The summed E-state index contributed by atoms with van der Waals surface area (Å²) in [7, 11) is 0. The van der Waals surface area contributed by atoms with Crippen LogP contribution in [0, 0.1) is 5.92 Å². The fourth-order valence-electron chi connectivity index (χ4n) is 4.67. The number of fused-ring (bicyclic) bond motifs is 1. The van der Waals surface area contributed by atoms with Gasteiger partial charge in [-0.15, -0.1) is 0 Å². The van der Waals surface area contributed by atoms with E-state index in [1.54, 1.807) is 24.3 Å². The molecule has 3 aromatic rings. The van der Waals surface area contributed by atoms with Crippen molar-refractivity contribution in [3.8, 4) is 5.75 Å². The number of benzene rings is 1. The molecule has 1 aromatic carbocycles. The maximum absolute atomic E-state index is 13.9. The highest BCUT2D eigenvalue weighted by atomic mass is 19.3. The summed E-state index contributed by atoms with van der Waals surface area (Å²) in [5.74, 6) is -2.49. The lowest BCUT2D eigenvalue weighted by molar-refractivity contribution is -0.135. The standard InChI is InChI=1S/C28H33F2N3O3/c1-19(2)14-33-16-22(15-32-12-4-11-28(29,30)18-32)25-10-7-23(31-27(25)33)17-36-24-8-5-21(6-9-24)20(3)13-26(34)35/h5-10,16,19H,3-4,11-15,17-18H2,1-2H3,(H,34,35). The van der Waals surface area contributed by atoms with Crippen LogP contribution in [-0.2, 0) is 24.5 Å². The van der Waals surface area contributed by atoms with Crippen LogP contribution in [0.1, 0.15) is 49.9 Å². The molecule has 36 heavy (non-hydrogen) atoms. The second-order valence-corrected chi connectivity index (χ2v) is 10.0. The molecule has 0 amide bonds. The zero-order valence-electron chi connectivity index (χ0n) is 20.8. The van der Waals surface area contributed by atoms with Gasteiger partial charge in [0.25, 0.3) is 5.92 Å². The summed E-state index contributed by atoms with van der Waals surface area (Å²) in [5, 5.41) is 9.91. The Labute approximate surface area is 210 Å². The summed E-state index contributed by atoms with van der Waals surface area (Å²) in [4.78, 5) is 17.6. The van der Waals surface area contributed by atoms with E-state index in [-0.39, 0.29) is 26.0 Å². The first-order valence-corrected chi connectivity index (χ1v) is 12.3. The zero-order valence-corrected chi connectivity index (χ0v) is 20.8. The highest BCUT2D eigenvalue weighted by molar-refractivity contribution is 5.83. The van der Waals surface area contributed by atoms with Crippen molar-refractivity contribution < 1.29 is 23.4 Å². The number of ether oxygens (including phenoxy) is 1. The molecule has 2 aromatic heterocycles. The molecule has 1 aliphatic heterocycles. The van der Waals surface area contributed by atoms with Crippen molar-refractivity contribution >= 4 is 22.6 Å². The van der Waals surface area contributed by atoms with Crippen LogP contribution in [0.2, 0.25) is 0 Å². The van der Waals surface area contributed by atoms with E-state index in [4.69, 9.17) is 14.8 Å². The SMILES string of the molecule is C=C(CC(=O)O)c1ccc(OCc2ccc3c(CN4CCCC(F)(F)C4)cn(CC(C)C)c3n2)cc1. The van der Waals surface area contributed by atoms with E-state index in [9.17, 15) is 13.6 Å². The molecule has 0 atom stereocenters. The molecule has 0 bridgehead atoms. The quantitative estimate of drug-likeness (QED) is 0.373. The maximum Gasteiger partial charge on any atom is 0.307 e. The van der Waals surface area contributed by atoms with Crippen molar-refractivity contribution in [1.82, 2.24) is 14.5 Å². The predicted molar refractivity (Wildman–Crippen MR) is 136 cm³/mol. The van der Waals surface area contributed by atoms with Gasteiger partial charge in [0.2, 0.25) is 0 Å². The summed E-state index contributed by atoms with van der Waals surface area (Å²) in [5.41, 5.74) is 3.91. The third-order valence-electron chi connectivity index (χ3n) is 6.30. The minimum absolute atomic E-state index is 0.0384. The van der Waals surface area contributed by atoms with Crippen LogP contribution in [-0.4, -0.2) is 44.5 Å². The fraction of sp³-hybridized carbons (Fsp3) is 0.429. The van der Waals surface area contributed by atoms with Crippen molar-refractivity contribution in [2.24, 2.45) is 5.92 Å². The van der Waals surface area contributed by atoms with Crippen LogP contribution in [0.3, 0.4) is 0 Å². The molecule has 1 N–H and O–H groups in total. The van der Waals surface area contributed by atoms with Gasteiger partial charge in [-0.05, 0) is 59.8 Å². The van der Waals surface area contributed by atoms with Gasteiger partial charge in [-0.1, -0.05) is 32.6 Å². The molecule has 8 heteroatoms. The Morgan fingerprint density at radius 1 is 1.22 bits per heavy atom. The normalized spacial score (nSPS) is 15.9. The molecule has 1 saturated heterocycles. The molecule has 0 radical (unpaired) electrons. The molecule has 0 unspecified atom stereocenters. The second kappa shape index (κ2) is 10.8. The first kappa shape index (κ1) is 25.8. The minimum Gasteiger partial charge on any atom is -0.487 e. The van der Waals surface area contributed by atoms with Crippen LogP contribution in [0.25, 0.3) is 16.6 Å². The Hall–Kier alpha value is -3.26. The van der Waals surface area contributed by atoms with Gasteiger partial charge in [0.05, 0.1) is 18.7 Å². The predicted octanol–water partition coefficient (Wildman–Crippen LogP) is 5.99. The van der Waals surface area contributed by atoms with Crippen molar-refractivity contribution in [2.75, 3.05) is 13.1 Å². The molecule has 0 spiro atoms. The van der Waals surface area contributed by atoms with Gasteiger partial charge < -0.3 is 14.4 Å². The van der Waals surface area contributed by atoms with E-state index in [1.807, 2.05) is 17.0 Å². The van der Waals surface area contributed by atoms with E-state index in [0.29, 0.717) is 36.8 Å². The average Bonchev–Trinajstić information content (AvgIpc) is 3.12. The second-order valence-electron chi connectivity index (χ2n) is 10.0. The number of hydrogen-bond donors (Lipinski definition) is 1. The first-order chi connectivity index (χ1) is 17.1. The fourth-order valence-corrected chi connectivity index (χ4v) is 4.67. The van der Waals surface area contributed by atoms with Crippen LogP contribution < -0.4 is 4.74 Å². The molecule has 1 aliphatic rings. The molecule has 0 saturated carbocycles. The molecule has 192 valence electrons. The van der Waals surface area contributed by atoms with E-state index in [0.717, 1.165) is 34.4 Å². The average molecular weight is 498 g/mol. The van der Waals surface area contributed by atoms with Gasteiger partial charge in [0.15, 0.2) is 0 Å². The monoisotopic (exact) mass is 497 g/mol. The van der Waals surface area contributed by atoms with E-state index < -0.39 is 11.9 Å². The molecular formula is C28H33F2N3O3. The van der Waals surface area contributed by atoms with Crippen molar-refractivity contribution in [3.63, 3.8) is 0 Å². The highest BCUT2D eigenvalue weighted by Crippen LogP contribution is 2.30. The molecule has 0 aliphatic carbocycles. The van der Waals surface area contributed by atoms with Crippen molar-refractivity contribution in [3.05, 3.63) is 66.0 Å². The number of carboxylic acids is 1. The van der Waals surface area contributed by atoms with E-state index >= 15 is 0 Å². The summed E-state index contributed by atoms with van der Waals surface area (Å²) >= 11 is 0. The van der Waals surface area contributed by atoms with Gasteiger partial charge in [-0.3, -0.25) is 9.69 Å². The number of halogens is 2. The maximum atomic E-state index is 13.9. The molecule has 4 rings (SSSR count). The number of likely N-dealkylation sites (tertiary alicyclic amines) is 1. The number of hydrogen-bond acceptors (Lipinski definition) is 4.